The minimum atomic E-state index is -3.49. The Labute approximate surface area is 181 Å². The first-order chi connectivity index (χ1) is 13.7. The Morgan fingerprint density at radius 3 is 2.45 bits per heavy atom. The first-order valence-corrected chi connectivity index (χ1v) is 11.7. The molecule has 1 N–H and O–H groups in total. The molecule has 1 amide bonds. The number of carbonyl (C=O) groups is 1. The molecule has 0 saturated heterocycles. The van der Waals surface area contributed by atoms with Crippen molar-refractivity contribution in [2.75, 3.05) is 30.3 Å². The molecule has 0 heterocycles. The van der Waals surface area contributed by atoms with E-state index in [4.69, 9.17) is 27.9 Å². The molecule has 0 aromatic heterocycles. The summed E-state index contributed by atoms with van der Waals surface area (Å²) in [5.41, 5.74) is 1.35. The summed E-state index contributed by atoms with van der Waals surface area (Å²) >= 11 is 11.9. The highest BCUT2D eigenvalue weighted by Crippen LogP contribution is 2.25. The lowest BCUT2D eigenvalue weighted by Crippen LogP contribution is -2.33. The van der Waals surface area contributed by atoms with Gasteiger partial charge in [-0.15, -0.1) is 0 Å². The van der Waals surface area contributed by atoms with E-state index in [1.807, 2.05) is 6.92 Å². The first kappa shape index (κ1) is 23.3. The van der Waals surface area contributed by atoms with E-state index in [9.17, 15) is 13.2 Å². The van der Waals surface area contributed by atoms with Gasteiger partial charge in [-0.2, -0.15) is 0 Å². The van der Waals surface area contributed by atoms with Crippen LogP contribution < -0.4 is 14.4 Å². The van der Waals surface area contributed by atoms with Crippen LogP contribution in [0.1, 0.15) is 18.4 Å². The van der Waals surface area contributed by atoms with Crippen LogP contribution in [0.4, 0.5) is 5.69 Å². The van der Waals surface area contributed by atoms with E-state index in [-0.39, 0.29) is 18.9 Å². The van der Waals surface area contributed by atoms with Gasteiger partial charge in [-0.05, 0) is 55.3 Å². The maximum Gasteiger partial charge on any atom is 0.232 e. The second kappa shape index (κ2) is 10.7. The number of aryl methyl sites for hydroxylation is 1. The molecule has 158 valence electrons. The first-order valence-electron chi connectivity index (χ1n) is 9.06. The fourth-order valence-electron chi connectivity index (χ4n) is 2.59. The molecular weight excluding hydrogens is 435 g/mol. The predicted octanol–water partition coefficient (Wildman–Crippen LogP) is 4.04. The summed E-state index contributed by atoms with van der Waals surface area (Å²) in [7, 11) is -3.49. The second-order valence-corrected chi connectivity index (χ2v) is 9.27. The van der Waals surface area contributed by atoms with Crippen molar-refractivity contribution < 1.29 is 17.9 Å². The fourth-order valence-corrected chi connectivity index (χ4v) is 3.84. The van der Waals surface area contributed by atoms with Gasteiger partial charge in [-0.3, -0.25) is 9.10 Å². The van der Waals surface area contributed by atoms with Crippen molar-refractivity contribution in [3.63, 3.8) is 0 Å². The number of carbonyl (C=O) groups excluding carboxylic acids is 1. The average molecular weight is 459 g/mol. The van der Waals surface area contributed by atoms with E-state index in [0.29, 0.717) is 41.1 Å². The number of ether oxygens (including phenoxy) is 1. The number of hydrogen-bond acceptors (Lipinski definition) is 4. The third-order valence-electron chi connectivity index (χ3n) is 4.12. The third kappa shape index (κ3) is 7.76. The quantitative estimate of drug-likeness (QED) is 0.544. The summed E-state index contributed by atoms with van der Waals surface area (Å²) in [5.74, 6) is 0.504. The lowest BCUT2D eigenvalue weighted by molar-refractivity contribution is -0.121. The lowest BCUT2D eigenvalue weighted by Gasteiger charge is -2.23. The highest BCUT2D eigenvalue weighted by molar-refractivity contribution is 7.92. The standard InChI is InChI=1S/C20H24Cl2N2O4S/c1-15-5-8-17(14-19(15)22)24(29(2,26)27)12-3-4-20(25)23-11-13-28-18-9-6-16(21)7-10-18/h5-10,14H,3-4,11-13H2,1-2H3,(H,23,25). The molecule has 6 nitrogen and oxygen atoms in total. The normalized spacial score (nSPS) is 11.2. The topological polar surface area (TPSA) is 75.7 Å². The molecule has 0 aliphatic heterocycles. The Bertz CT molecular complexity index is 934. The molecule has 2 rings (SSSR count). The Kier molecular flexibility index (Phi) is 8.61. The van der Waals surface area contributed by atoms with Crippen LogP contribution in [0, 0.1) is 6.92 Å². The number of rotatable bonds is 10. The minimum Gasteiger partial charge on any atom is -0.492 e. The number of benzene rings is 2. The van der Waals surface area contributed by atoms with Gasteiger partial charge in [0, 0.05) is 23.0 Å². The molecule has 29 heavy (non-hydrogen) atoms. The highest BCUT2D eigenvalue weighted by Gasteiger charge is 2.18. The summed E-state index contributed by atoms with van der Waals surface area (Å²) < 4.78 is 31.0. The number of nitrogens with one attached hydrogen (secondary N) is 1. The van der Waals surface area contributed by atoms with Crippen LogP contribution in [-0.2, 0) is 14.8 Å². The molecule has 0 fully saturated rings. The summed E-state index contributed by atoms with van der Waals surface area (Å²) in [6, 6.07) is 12.0. The Morgan fingerprint density at radius 2 is 1.83 bits per heavy atom. The maximum atomic E-state index is 12.1. The van der Waals surface area contributed by atoms with Gasteiger partial charge in [-0.25, -0.2) is 8.42 Å². The number of anilines is 1. The molecule has 0 unspecified atom stereocenters. The summed E-state index contributed by atoms with van der Waals surface area (Å²) in [6.45, 7) is 2.71. The van der Waals surface area contributed by atoms with Crippen LogP contribution in [0.25, 0.3) is 0 Å². The van der Waals surface area contributed by atoms with Crippen LogP contribution in [-0.4, -0.2) is 40.3 Å². The number of nitrogens with zero attached hydrogens (tertiary/aromatic N) is 1. The van der Waals surface area contributed by atoms with E-state index in [1.165, 1.54) is 4.31 Å². The molecule has 0 aliphatic carbocycles. The average Bonchev–Trinajstić information content (AvgIpc) is 2.65. The Balaban J connectivity index is 1.77. The van der Waals surface area contributed by atoms with Crippen LogP contribution in [0.5, 0.6) is 5.75 Å². The molecule has 0 bridgehead atoms. The van der Waals surface area contributed by atoms with Crippen LogP contribution in [0.2, 0.25) is 10.0 Å². The molecule has 0 aliphatic rings. The van der Waals surface area contributed by atoms with E-state index in [0.717, 1.165) is 11.8 Å². The van der Waals surface area contributed by atoms with Crippen molar-refractivity contribution in [2.24, 2.45) is 0 Å². The number of amides is 1. The maximum absolute atomic E-state index is 12.1. The van der Waals surface area contributed by atoms with Gasteiger partial charge in [0.15, 0.2) is 0 Å². The van der Waals surface area contributed by atoms with Gasteiger partial charge in [0.25, 0.3) is 0 Å². The SMILES string of the molecule is Cc1ccc(N(CCCC(=O)NCCOc2ccc(Cl)cc2)S(C)(=O)=O)cc1Cl. The number of sulfonamides is 1. The van der Waals surface area contributed by atoms with Crippen molar-refractivity contribution in [3.05, 3.63) is 58.1 Å². The van der Waals surface area contributed by atoms with Crippen molar-refractivity contribution >= 4 is 44.8 Å². The molecule has 2 aromatic carbocycles. The van der Waals surface area contributed by atoms with Gasteiger partial charge < -0.3 is 10.1 Å². The molecule has 0 saturated carbocycles. The number of hydrogen-bond donors (Lipinski definition) is 1. The third-order valence-corrected chi connectivity index (χ3v) is 5.97. The van der Waals surface area contributed by atoms with Gasteiger partial charge in [0.2, 0.25) is 15.9 Å². The number of halogens is 2. The zero-order valence-corrected chi connectivity index (χ0v) is 18.6. The minimum absolute atomic E-state index is 0.167. The molecule has 0 atom stereocenters. The molecule has 0 radical (unpaired) electrons. The summed E-state index contributed by atoms with van der Waals surface area (Å²) in [6.07, 6.45) is 1.71. The fraction of sp³-hybridized carbons (Fsp3) is 0.350. The predicted molar refractivity (Wildman–Crippen MR) is 118 cm³/mol. The van der Waals surface area contributed by atoms with Crippen LogP contribution in [0.3, 0.4) is 0 Å². The van der Waals surface area contributed by atoms with E-state index >= 15 is 0 Å². The largest absolute Gasteiger partial charge is 0.492 e. The van der Waals surface area contributed by atoms with Gasteiger partial charge in [0.05, 0.1) is 18.5 Å². The van der Waals surface area contributed by atoms with Gasteiger partial charge in [-0.1, -0.05) is 29.3 Å². The monoisotopic (exact) mass is 458 g/mol. The van der Waals surface area contributed by atoms with Crippen molar-refractivity contribution in [1.82, 2.24) is 5.32 Å². The van der Waals surface area contributed by atoms with E-state index in [2.05, 4.69) is 5.32 Å². The van der Waals surface area contributed by atoms with Crippen molar-refractivity contribution in [3.8, 4) is 5.75 Å². The summed E-state index contributed by atoms with van der Waals surface area (Å²) in [5, 5.41) is 3.88. The zero-order valence-electron chi connectivity index (χ0n) is 16.3. The smallest absolute Gasteiger partial charge is 0.232 e. The molecule has 9 heteroatoms. The molecular formula is C20H24Cl2N2O4S. The van der Waals surface area contributed by atoms with Crippen molar-refractivity contribution in [1.29, 1.82) is 0 Å². The zero-order chi connectivity index (χ0) is 21.4. The summed E-state index contributed by atoms with van der Waals surface area (Å²) in [4.78, 5) is 12.0. The second-order valence-electron chi connectivity index (χ2n) is 6.52. The van der Waals surface area contributed by atoms with Crippen LogP contribution >= 0.6 is 23.2 Å². The van der Waals surface area contributed by atoms with Gasteiger partial charge >= 0.3 is 0 Å². The Morgan fingerprint density at radius 1 is 1.14 bits per heavy atom. The Hall–Kier alpha value is -1.96. The van der Waals surface area contributed by atoms with Crippen molar-refractivity contribution in [2.45, 2.75) is 19.8 Å². The molecule has 2 aromatic rings. The lowest BCUT2D eigenvalue weighted by atomic mass is 10.2. The van der Waals surface area contributed by atoms with Crippen LogP contribution in [0.15, 0.2) is 42.5 Å². The van der Waals surface area contributed by atoms with Gasteiger partial charge in [0.1, 0.15) is 12.4 Å². The van der Waals surface area contributed by atoms with E-state index < -0.39 is 10.0 Å². The highest BCUT2D eigenvalue weighted by atomic mass is 35.5. The van der Waals surface area contributed by atoms with E-state index in [1.54, 1.807) is 42.5 Å². The molecule has 0 spiro atoms.